The molecule has 0 amide bonds. The molecular weight excluding hydrogens is 188 g/mol. The van der Waals surface area contributed by atoms with Gasteiger partial charge in [0.2, 0.25) is 0 Å². The molecule has 1 aromatic carbocycles. The van der Waals surface area contributed by atoms with Gasteiger partial charge in [0.15, 0.2) is 0 Å². The van der Waals surface area contributed by atoms with E-state index in [1.54, 1.807) is 6.33 Å². The molecule has 0 aliphatic carbocycles. The Hall–Kier alpha value is -1.61. The van der Waals surface area contributed by atoms with E-state index in [2.05, 4.69) is 24.0 Å². The highest BCUT2D eigenvalue weighted by Crippen LogP contribution is 2.15. The van der Waals surface area contributed by atoms with Crippen molar-refractivity contribution in [3.8, 4) is 5.69 Å². The van der Waals surface area contributed by atoms with E-state index in [9.17, 15) is 0 Å². The van der Waals surface area contributed by atoms with Crippen LogP contribution in [0.1, 0.15) is 18.2 Å². The molecule has 2 rings (SSSR count). The van der Waals surface area contributed by atoms with Gasteiger partial charge in [-0.25, -0.2) is 4.98 Å². The summed E-state index contributed by atoms with van der Waals surface area (Å²) in [5.41, 5.74) is 3.10. The molecule has 0 saturated carbocycles. The molecule has 1 heterocycles. The average molecular weight is 202 g/mol. The number of para-hydroxylation sites is 1. The van der Waals surface area contributed by atoms with Crippen molar-refractivity contribution in [1.29, 1.82) is 0 Å². The number of benzene rings is 1. The van der Waals surface area contributed by atoms with E-state index in [1.807, 2.05) is 22.9 Å². The minimum absolute atomic E-state index is 0.0126. The smallest absolute Gasteiger partial charge is 0.0996 e. The van der Waals surface area contributed by atoms with Gasteiger partial charge in [-0.15, -0.1) is 0 Å². The van der Waals surface area contributed by atoms with E-state index in [-0.39, 0.29) is 6.61 Å². The van der Waals surface area contributed by atoms with Crippen LogP contribution in [0.2, 0.25) is 0 Å². The van der Waals surface area contributed by atoms with E-state index in [0.29, 0.717) is 5.69 Å². The van der Waals surface area contributed by atoms with Crippen molar-refractivity contribution in [3.05, 3.63) is 48.0 Å². The van der Waals surface area contributed by atoms with E-state index in [4.69, 9.17) is 5.11 Å². The largest absolute Gasteiger partial charge is 0.390 e. The lowest BCUT2D eigenvalue weighted by molar-refractivity contribution is 0.277. The van der Waals surface area contributed by atoms with Gasteiger partial charge < -0.3 is 9.67 Å². The average Bonchev–Trinajstić information content (AvgIpc) is 2.77. The number of aliphatic hydroxyl groups excluding tert-OH is 1. The van der Waals surface area contributed by atoms with E-state index in [1.165, 1.54) is 5.56 Å². The highest BCUT2D eigenvalue weighted by atomic mass is 16.3. The molecule has 3 heteroatoms. The fourth-order valence-electron chi connectivity index (χ4n) is 1.64. The third kappa shape index (κ3) is 1.92. The Labute approximate surface area is 89.0 Å². The SMILES string of the molecule is CCc1ccccc1-n1cnc(CO)c1. The van der Waals surface area contributed by atoms with E-state index < -0.39 is 0 Å². The molecule has 15 heavy (non-hydrogen) atoms. The third-order valence-electron chi connectivity index (χ3n) is 2.45. The molecule has 0 saturated heterocycles. The Kier molecular flexibility index (Phi) is 2.83. The van der Waals surface area contributed by atoms with Crippen LogP contribution < -0.4 is 0 Å². The molecule has 0 atom stereocenters. The van der Waals surface area contributed by atoms with Crippen LogP contribution >= 0.6 is 0 Å². The molecule has 0 radical (unpaired) electrons. The molecule has 0 unspecified atom stereocenters. The molecule has 3 nitrogen and oxygen atoms in total. The Morgan fingerprint density at radius 2 is 2.13 bits per heavy atom. The van der Waals surface area contributed by atoms with Crippen molar-refractivity contribution < 1.29 is 5.11 Å². The van der Waals surface area contributed by atoms with Crippen LogP contribution in [0.4, 0.5) is 0 Å². The number of hydrogen-bond acceptors (Lipinski definition) is 2. The molecule has 0 aliphatic rings. The summed E-state index contributed by atoms with van der Waals surface area (Å²) in [7, 11) is 0. The van der Waals surface area contributed by atoms with Gasteiger partial charge in [-0.3, -0.25) is 0 Å². The summed E-state index contributed by atoms with van der Waals surface area (Å²) in [6, 6.07) is 8.20. The van der Waals surface area contributed by atoms with Crippen LogP contribution in [-0.2, 0) is 13.0 Å². The van der Waals surface area contributed by atoms with Crippen molar-refractivity contribution in [2.24, 2.45) is 0 Å². The number of aryl methyl sites for hydroxylation is 1. The Balaban J connectivity index is 2.44. The zero-order valence-corrected chi connectivity index (χ0v) is 8.72. The standard InChI is InChI=1S/C12H14N2O/c1-2-10-5-3-4-6-12(10)14-7-11(8-15)13-9-14/h3-7,9,15H,2,8H2,1H3. The lowest BCUT2D eigenvalue weighted by atomic mass is 10.1. The maximum atomic E-state index is 8.95. The molecular formula is C12H14N2O. The summed E-state index contributed by atoms with van der Waals surface area (Å²) < 4.78 is 1.95. The van der Waals surface area contributed by atoms with Gasteiger partial charge in [0.25, 0.3) is 0 Å². The molecule has 1 N–H and O–H groups in total. The maximum absolute atomic E-state index is 8.95. The second-order valence-electron chi connectivity index (χ2n) is 3.41. The monoisotopic (exact) mass is 202 g/mol. The predicted molar refractivity (Wildman–Crippen MR) is 58.9 cm³/mol. The zero-order chi connectivity index (χ0) is 10.7. The zero-order valence-electron chi connectivity index (χ0n) is 8.72. The molecule has 1 aromatic heterocycles. The first-order valence-corrected chi connectivity index (χ1v) is 5.07. The number of aromatic nitrogens is 2. The van der Waals surface area contributed by atoms with E-state index >= 15 is 0 Å². The third-order valence-corrected chi connectivity index (χ3v) is 2.45. The summed E-state index contributed by atoms with van der Waals surface area (Å²) in [5, 5.41) is 8.95. The second-order valence-corrected chi connectivity index (χ2v) is 3.41. The number of aliphatic hydroxyl groups is 1. The number of imidazole rings is 1. The highest BCUT2D eigenvalue weighted by molar-refractivity contribution is 5.41. The van der Waals surface area contributed by atoms with Gasteiger partial charge in [-0.1, -0.05) is 25.1 Å². The van der Waals surface area contributed by atoms with Gasteiger partial charge in [-0.05, 0) is 18.1 Å². The van der Waals surface area contributed by atoms with Gasteiger partial charge in [0, 0.05) is 11.9 Å². The maximum Gasteiger partial charge on any atom is 0.0996 e. The number of nitrogens with zero attached hydrogens (tertiary/aromatic N) is 2. The van der Waals surface area contributed by atoms with Crippen LogP contribution in [0.5, 0.6) is 0 Å². The first kappa shape index (κ1) is 9.93. The number of hydrogen-bond donors (Lipinski definition) is 1. The Morgan fingerprint density at radius 1 is 1.33 bits per heavy atom. The normalized spacial score (nSPS) is 10.5. The lowest BCUT2D eigenvalue weighted by Crippen LogP contribution is -1.95. The van der Waals surface area contributed by atoms with Crippen molar-refractivity contribution in [2.75, 3.05) is 0 Å². The molecule has 0 spiro atoms. The van der Waals surface area contributed by atoms with Crippen molar-refractivity contribution >= 4 is 0 Å². The van der Waals surface area contributed by atoms with Gasteiger partial charge in [0.1, 0.15) is 0 Å². The van der Waals surface area contributed by atoms with Crippen molar-refractivity contribution in [2.45, 2.75) is 20.0 Å². The Bertz CT molecular complexity index is 448. The predicted octanol–water partition coefficient (Wildman–Crippen LogP) is 1.93. The van der Waals surface area contributed by atoms with Gasteiger partial charge in [-0.2, -0.15) is 0 Å². The quantitative estimate of drug-likeness (QED) is 0.825. The van der Waals surface area contributed by atoms with Crippen LogP contribution in [0.3, 0.4) is 0 Å². The molecule has 2 aromatic rings. The van der Waals surface area contributed by atoms with Crippen LogP contribution in [0.25, 0.3) is 5.69 Å². The topological polar surface area (TPSA) is 38.0 Å². The molecule has 78 valence electrons. The molecule has 0 fully saturated rings. The fourth-order valence-corrected chi connectivity index (χ4v) is 1.64. The number of rotatable bonds is 3. The van der Waals surface area contributed by atoms with Crippen LogP contribution in [0.15, 0.2) is 36.8 Å². The van der Waals surface area contributed by atoms with Crippen molar-refractivity contribution in [3.63, 3.8) is 0 Å². The summed E-state index contributed by atoms with van der Waals surface area (Å²) in [5.74, 6) is 0. The lowest BCUT2D eigenvalue weighted by Gasteiger charge is -2.07. The minimum atomic E-state index is -0.0126. The highest BCUT2D eigenvalue weighted by Gasteiger charge is 2.03. The summed E-state index contributed by atoms with van der Waals surface area (Å²) in [4.78, 5) is 4.10. The molecule has 0 aliphatic heterocycles. The van der Waals surface area contributed by atoms with Crippen LogP contribution in [0, 0.1) is 0 Å². The molecule has 0 bridgehead atoms. The first-order valence-electron chi connectivity index (χ1n) is 5.07. The second kappa shape index (κ2) is 4.28. The fraction of sp³-hybridized carbons (Fsp3) is 0.250. The van der Waals surface area contributed by atoms with E-state index in [0.717, 1.165) is 12.1 Å². The van der Waals surface area contributed by atoms with Crippen LogP contribution in [-0.4, -0.2) is 14.7 Å². The first-order chi connectivity index (χ1) is 7.35. The summed E-state index contributed by atoms with van der Waals surface area (Å²) in [6.07, 6.45) is 4.58. The van der Waals surface area contributed by atoms with Crippen molar-refractivity contribution in [1.82, 2.24) is 9.55 Å². The Morgan fingerprint density at radius 3 is 2.80 bits per heavy atom. The van der Waals surface area contributed by atoms with Gasteiger partial charge in [0.05, 0.1) is 18.6 Å². The van der Waals surface area contributed by atoms with Gasteiger partial charge >= 0.3 is 0 Å². The summed E-state index contributed by atoms with van der Waals surface area (Å²) >= 11 is 0. The minimum Gasteiger partial charge on any atom is -0.390 e. The summed E-state index contributed by atoms with van der Waals surface area (Å²) in [6.45, 7) is 2.12.